The Morgan fingerprint density at radius 3 is 2.71 bits per heavy atom. The van der Waals surface area contributed by atoms with Crippen LogP contribution >= 0.6 is 0 Å². The summed E-state index contributed by atoms with van der Waals surface area (Å²) in [7, 11) is 0. The molecule has 0 spiro atoms. The first-order chi connectivity index (χ1) is 6.63. The highest BCUT2D eigenvalue weighted by Crippen LogP contribution is 2.38. The van der Waals surface area contributed by atoms with Crippen molar-refractivity contribution in [3.8, 4) is 0 Å². The van der Waals surface area contributed by atoms with Gasteiger partial charge in [-0.3, -0.25) is 0 Å². The molecule has 0 bridgehead atoms. The van der Waals surface area contributed by atoms with Gasteiger partial charge >= 0.3 is 0 Å². The maximum atomic E-state index is 5.88. The van der Waals surface area contributed by atoms with Crippen molar-refractivity contribution in [2.24, 2.45) is 17.6 Å². The Labute approximate surface area is 88.2 Å². The average molecular weight is 199 g/mol. The highest BCUT2D eigenvalue weighted by Gasteiger charge is 2.36. The predicted molar refractivity (Wildman–Crippen MR) is 60.2 cm³/mol. The minimum absolute atomic E-state index is 0.00192. The van der Waals surface area contributed by atoms with Crippen LogP contribution in [0.1, 0.15) is 46.5 Å². The lowest BCUT2D eigenvalue weighted by Gasteiger charge is -2.41. The molecule has 0 aliphatic heterocycles. The molecule has 1 aliphatic rings. The van der Waals surface area contributed by atoms with Crippen molar-refractivity contribution in [3.63, 3.8) is 0 Å². The van der Waals surface area contributed by atoms with Gasteiger partial charge in [0.2, 0.25) is 0 Å². The Kier molecular flexibility index (Phi) is 4.39. The molecular formula is C12H25NO. The van der Waals surface area contributed by atoms with Gasteiger partial charge in [0, 0.05) is 13.2 Å². The van der Waals surface area contributed by atoms with Crippen molar-refractivity contribution >= 4 is 0 Å². The summed E-state index contributed by atoms with van der Waals surface area (Å²) in [5.41, 5.74) is 5.86. The molecule has 2 nitrogen and oxygen atoms in total. The molecular weight excluding hydrogens is 174 g/mol. The average Bonchev–Trinajstić information content (AvgIpc) is 2.18. The van der Waals surface area contributed by atoms with Gasteiger partial charge in [0.1, 0.15) is 0 Å². The standard InChI is InChI=1S/C12H25NO/c1-4-14-12(9-13)7-5-6-11(8-12)10(2)3/h10-11H,4-9,13H2,1-3H3. The van der Waals surface area contributed by atoms with E-state index < -0.39 is 0 Å². The van der Waals surface area contributed by atoms with Crippen molar-refractivity contribution in [1.29, 1.82) is 0 Å². The molecule has 1 saturated carbocycles. The van der Waals surface area contributed by atoms with Crippen LogP contribution in [0, 0.1) is 11.8 Å². The Hall–Kier alpha value is -0.0800. The van der Waals surface area contributed by atoms with Gasteiger partial charge in [0.05, 0.1) is 5.60 Å². The second-order valence-corrected chi connectivity index (χ2v) is 4.92. The van der Waals surface area contributed by atoms with Crippen LogP contribution in [0.3, 0.4) is 0 Å². The highest BCUT2D eigenvalue weighted by molar-refractivity contribution is 4.89. The van der Waals surface area contributed by atoms with E-state index in [-0.39, 0.29) is 5.60 Å². The van der Waals surface area contributed by atoms with Gasteiger partial charge < -0.3 is 10.5 Å². The van der Waals surface area contributed by atoms with Gasteiger partial charge in [-0.1, -0.05) is 20.3 Å². The van der Waals surface area contributed by atoms with E-state index in [0.717, 1.165) is 31.3 Å². The van der Waals surface area contributed by atoms with Gasteiger partial charge in [-0.25, -0.2) is 0 Å². The van der Waals surface area contributed by atoms with Crippen LogP contribution < -0.4 is 5.73 Å². The van der Waals surface area contributed by atoms with E-state index in [4.69, 9.17) is 10.5 Å². The van der Waals surface area contributed by atoms with Crippen LogP contribution in [-0.2, 0) is 4.74 Å². The summed E-state index contributed by atoms with van der Waals surface area (Å²) in [6.45, 7) is 8.16. The molecule has 2 heteroatoms. The molecule has 0 heterocycles. The Morgan fingerprint density at radius 2 is 2.21 bits per heavy atom. The summed E-state index contributed by atoms with van der Waals surface area (Å²) in [6.07, 6.45) is 4.95. The van der Waals surface area contributed by atoms with E-state index in [2.05, 4.69) is 20.8 Å². The molecule has 2 N–H and O–H groups in total. The maximum absolute atomic E-state index is 5.88. The first-order valence-electron chi connectivity index (χ1n) is 5.97. The van der Waals surface area contributed by atoms with Crippen LogP contribution in [0.25, 0.3) is 0 Å². The largest absolute Gasteiger partial charge is 0.374 e. The smallest absolute Gasteiger partial charge is 0.0806 e. The summed E-state index contributed by atoms with van der Waals surface area (Å²) in [6, 6.07) is 0. The predicted octanol–water partition coefficient (Wildman–Crippen LogP) is 2.57. The van der Waals surface area contributed by atoms with Gasteiger partial charge in [-0.05, 0) is 38.0 Å². The van der Waals surface area contributed by atoms with Gasteiger partial charge in [-0.15, -0.1) is 0 Å². The monoisotopic (exact) mass is 199 g/mol. The molecule has 0 amide bonds. The van der Waals surface area contributed by atoms with Crippen molar-refractivity contribution in [3.05, 3.63) is 0 Å². The molecule has 0 aromatic heterocycles. The Bertz CT molecular complexity index is 166. The van der Waals surface area contributed by atoms with Crippen molar-refractivity contribution < 1.29 is 4.74 Å². The lowest BCUT2D eigenvalue weighted by molar-refractivity contribution is -0.0761. The summed E-state index contributed by atoms with van der Waals surface area (Å²) < 4.78 is 5.88. The van der Waals surface area contributed by atoms with E-state index in [1.165, 1.54) is 12.8 Å². The maximum Gasteiger partial charge on any atom is 0.0806 e. The normalized spacial score (nSPS) is 33.6. The second-order valence-electron chi connectivity index (χ2n) is 4.92. The van der Waals surface area contributed by atoms with Crippen LogP contribution in [0.15, 0.2) is 0 Å². The lowest BCUT2D eigenvalue weighted by atomic mass is 9.73. The Morgan fingerprint density at radius 1 is 1.50 bits per heavy atom. The van der Waals surface area contributed by atoms with Gasteiger partial charge in [-0.2, -0.15) is 0 Å². The molecule has 84 valence electrons. The topological polar surface area (TPSA) is 35.2 Å². The van der Waals surface area contributed by atoms with Crippen LogP contribution in [-0.4, -0.2) is 18.8 Å². The highest BCUT2D eigenvalue weighted by atomic mass is 16.5. The zero-order valence-corrected chi connectivity index (χ0v) is 9.88. The van der Waals surface area contributed by atoms with Crippen molar-refractivity contribution in [2.75, 3.05) is 13.2 Å². The first kappa shape index (κ1) is 12.0. The summed E-state index contributed by atoms with van der Waals surface area (Å²) in [5.74, 6) is 1.57. The van der Waals surface area contributed by atoms with E-state index in [1.807, 2.05) is 0 Å². The fourth-order valence-corrected chi connectivity index (χ4v) is 2.62. The molecule has 0 radical (unpaired) electrons. The molecule has 2 atom stereocenters. The van der Waals surface area contributed by atoms with E-state index in [9.17, 15) is 0 Å². The molecule has 14 heavy (non-hydrogen) atoms. The van der Waals surface area contributed by atoms with E-state index in [0.29, 0.717) is 6.54 Å². The molecule has 1 aliphatic carbocycles. The van der Waals surface area contributed by atoms with Gasteiger partial charge in [0.25, 0.3) is 0 Å². The molecule has 1 fully saturated rings. The third kappa shape index (κ3) is 2.71. The fourth-order valence-electron chi connectivity index (χ4n) is 2.62. The zero-order chi connectivity index (χ0) is 10.6. The number of ether oxygens (including phenoxy) is 1. The summed E-state index contributed by atoms with van der Waals surface area (Å²) in [5, 5.41) is 0. The summed E-state index contributed by atoms with van der Waals surface area (Å²) >= 11 is 0. The molecule has 0 saturated heterocycles. The third-order valence-electron chi connectivity index (χ3n) is 3.61. The zero-order valence-electron chi connectivity index (χ0n) is 9.88. The summed E-state index contributed by atoms with van der Waals surface area (Å²) in [4.78, 5) is 0. The number of rotatable bonds is 4. The number of hydrogen-bond donors (Lipinski definition) is 1. The van der Waals surface area contributed by atoms with Gasteiger partial charge in [0.15, 0.2) is 0 Å². The second kappa shape index (κ2) is 5.13. The fraction of sp³-hybridized carbons (Fsp3) is 1.00. The van der Waals surface area contributed by atoms with Crippen molar-refractivity contribution in [1.82, 2.24) is 0 Å². The van der Waals surface area contributed by atoms with E-state index in [1.54, 1.807) is 0 Å². The van der Waals surface area contributed by atoms with Crippen LogP contribution in [0.5, 0.6) is 0 Å². The first-order valence-corrected chi connectivity index (χ1v) is 5.97. The quantitative estimate of drug-likeness (QED) is 0.755. The van der Waals surface area contributed by atoms with Crippen LogP contribution in [0.2, 0.25) is 0 Å². The Balaban J connectivity index is 2.59. The van der Waals surface area contributed by atoms with E-state index >= 15 is 0 Å². The third-order valence-corrected chi connectivity index (χ3v) is 3.61. The minimum atomic E-state index is 0.00192. The molecule has 0 aromatic rings. The minimum Gasteiger partial charge on any atom is -0.374 e. The number of nitrogens with two attached hydrogens (primary N) is 1. The molecule has 1 rings (SSSR count). The lowest BCUT2D eigenvalue weighted by Crippen LogP contribution is -2.45. The molecule has 2 unspecified atom stereocenters. The number of hydrogen-bond acceptors (Lipinski definition) is 2. The van der Waals surface area contributed by atoms with Crippen LogP contribution in [0.4, 0.5) is 0 Å². The SMILES string of the molecule is CCOC1(CN)CCCC(C(C)C)C1. The van der Waals surface area contributed by atoms with Crippen molar-refractivity contribution in [2.45, 2.75) is 52.1 Å². The molecule has 0 aromatic carbocycles.